The molecule has 3 atom stereocenters. The van der Waals surface area contributed by atoms with Crippen LogP contribution in [0.25, 0.3) is 0 Å². The van der Waals surface area contributed by atoms with Gasteiger partial charge in [-0.25, -0.2) is 0 Å². The Bertz CT molecular complexity index is 106. The van der Waals surface area contributed by atoms with Crippen LogP contribution in [0, 0.1) is 0 Å². The van der Waals surface area contributed by atoms with Gasteiger partial charge in [0.2, 0.25) is 0 Å². The molecule has 3 unspecified atom stereocenters. The molecule has 0 aliphatic heterocycles. The summed E-state index contributed by atoms with van der Waals surface area (Å²) >= 11 is 0. The summed E-state index contributed by atoms with van der Waals surface area (Å²) in [7, 11) is 1.08. The Balaban J connectivity index is 4.34. The maximum absolute atomic E-state index is 3.46. The van der Waals surface area contributed by atoms with Gasteiger partial charge < -0.3 is 4.98 Å². The average Bonchev–Trinajstić information content (AvgIpc) is 2.16. The van der Waals surface area contributed by atoms with E-state index in [9.17, 15) is 0 Å². The third-order valence-electron chi connectivity index (χ3n) is 3.06. The quantitative estimate of drug-likeness (QED) is 0.513. The molecule has 0 spiro atoms. The van der Waals surface area contributed by atoms with Crippen molar-refractivity contribution in [2.24, 2.45) is 0 Å². The minimum atomic E-state index is 0.538. The second kappa shape index (κ2) is 6.57. The monoisotopic (exact) mass is 202 g/mol. The van der Waals surface area contributed by atoms with Crippen LogP contribution >= 0.6 is 0 Å². The Labute approximate surface area is 86.6 Å². The highest BCUT2D eigenvalue weighted by Gasteiger charge is 2.21. The lowest BCUT2D eigenvalue weighted by atomic mass is 10.1. The molecule has 0 heterocycles. The number of hydrogen-bond acceptors (Lipinski definition) is 2. The summed E-state index contributed by atoms with van der Waals surface area (Å²) in [5.74, 6) is 0. The molecule has 3 heteroatoms. The highest BCUT2D eigenvalue weighted by molar-refractivity contribution is 6.04. The molecule has 0 fully saturated rings. The van der Waals surface area contributed by atoms with E-state index in [1.165, 1.54) is 12.8 Å². The predicted octanol–water partition coefficient (Wildman–Crippen LogP) is 1.10. The van der Waals surface area contributed by atoms with E-state index >= 15 is 0 Å². The summed E-state index contributed by atoms with van der Waals surface area (Å²) < 4.78 is 0. The van der Waals surface area contributed by atoms with Crippen LogP contribution in [0.5, 0.6) is 0 Å². The molecule has 0 aliphatic carbocycles. The first-order valence-electron chi connectivity index (χ1n) is 5.53. The number of rotatable bonds is 6. The van der Waals surface area contributed by atoms with Crippen LogP contribution in [0.15, 0.2) is 0 Å². The van der Waals surface area contributed by atoms with Crippen LogP contribution in [-0.2, 0) is 0 Å². The third-order valence-corrected chi connectivity index (χ3v) is 3.90. The zero-order valence-electron chi connectivity index (χ0n) is 10.1. The van der Waals surface area contributed by atoms with Crippen molar-refractivity contribution in [1.29, 1.82) is 0 Å². The lowest BCUT2D eigenvalue weighted by Crippen LogP contribution is -2.51. The van der Waals surface area contributed by atoms with Crippen LogP contribution in [0.4, 0.5) is 0 Å². The van der Waals surface area contributed by atoms with E-state index < -0.39 is 0 Å². The smallest absolute Gasteiger partial charge is 0.0768 e. The van der Waals surface area contributed by atoms with Gasteiger partial charge in [-0.3, -0.25) is 4.90 Å². The minimum Gasteiger partial charge on any atom is -0.331 e. The Morgan fingerprint density at radius 3 is 1.69 bits per heavy atom. The SMILES string of the molecule is CCC(C)N(C(C)CC)C(C)N[SiH3]. The van der Waals surface area contributed by atoms with Gasteiger partial charge in [0.25, 0.3) is 0 Å². The van der Waals surface area contributed by atoms with Crippen LogP contribution in [0.1, 0.15) is 47.5 Å². The Hall–Kier alpha value is 0.137. The fourth-order valence-corrected chi connectivity index (χ4v) is 2.07. The largest absolute Gasteiger partial charge is 0.331 e. The second-order valence-corrected chi connectivity index (χ2v) is 4.50. The molecule has 0 bridgehead atoms. The summed E-state index contributed by atoms with van der Waals surface area (Å²) in [5.41, 5.74) is 0. The summed E-state index contributed by atoms with van der Waals surface area (Å²) in [5, 5.41) is 0. The molecule has 0 saturated carbocycles. The van der Waals surface area contributed by atoms with Crippen molar-refractivity contribution in [2.75, 3.05) is 0 Å². The van der Waals surface area contributed by atoms with Gasteiger partial charge in [-0.15, -0.1) is 0 Å². The van der Waals surface area contributed by atoms with Crippen molar-refractivity contribution < 1.29 is 0 Å². The highest BCUT2D eigenvalue weighted by atomic mass is 28.2. The van der Waals surface area contributed by atoms with Gasteiger partial charge >= 0.3 is 0 Å². The minimum absolute atomic E-state index is 0.538. The number of nitrogens with zero attached hydrogens (tertiary/aromatic N) is 1. The van der Waals surface area contributed by atoms with Crippen molar-refractivity contribution in [2.45, 2.75) is 65.7 Å². The summed E-state index contributed by atoms with van der Waals surface area (Å²) in [6.45, 7) is 11.4. The molecule has 0 saturated heterocycles. The molecule has 2 nitrogen and oxygen atoms in total. The zero-order valence-corrected chi connectivity index (χ0v) is 12.1. The van der Waals surface area contributed by atoms with Crippen molar-refractivity contribution in [1.82, 2.24) is 9.88 Å². The van der Waals surface area contributed by atoms with Gasteiger partial charge in [-0.1, -0.05) is 13.8 Å². The fraction of sp³-hybridized carbons (Fsp3) is 1.00. The van der Waals surface area contributed by atoms with E-state index in [-0.39, 0.29) is 0 Å². The van der Waals surface area contributed by atoms with Gasteiger partial charge in [0.15, 0.2) is 0 Å². The maximum Gasteiger partial charge on any atom is 0.0768 e. The zero-order chi connectivity index (χ0) is 10.4. The van der Waals surface area contributed by atoms with Crippen LogP contribution in [0.3, 0.4) is 0 Å². The van der Waals surface area contributed by atoms with Crippen molar-refractivity contribution in [3.8, 4) is 0 Å². The standard InChI is InChI=1S/C10H26N2Si/c1-6-8(3)12(9(4)7-2)10(5)11-13/h8-11H,6-7H2,1-5,13H3. The molecule has 0 amide bonds. The maximum atomic E-state index is 3.46. The normalized spacial score (nSPS) is 18.9. The lowest BCUT2D eigenvalue weighted by molar-refractivity contribution is 0.0925. The van der Waals surface area contributed by atoms with Gasteiger partial charge in [0.05, 0.1) is 16.6 Å². The molecule has 0 aliphatic rings. The Morgan fingerprint density at radius 1 is 1.08 bits per heavy atom. The predicted molar refractivity (Wildman–Crippen MR) is 63.9 cm³/mol. The fourth-order valence-electron chi connectivity index (χ4n) is 1.77. The van der Waals surface area contributed by atoms with E-state index in [1.54, 1.807) is 0 Å². The molecule has 0 aromatic carbocycles. The number of nitrogens with one attached hydrogen (secondary N) is 1. The first-order chi connectivity index (χ1) is 6.08. The highest BCUT2D eigenvalue weighted by Crippen LogP contribution is 2.13. The molecule has 1 N–H and O–H groups in total. The van der Waals surface area contributed by atoms with Crippen LogP contribution in [0.2, 0.25) is 0 Å². The van der Waals surface area contributed by atoms with Crippen LogP contribution < -0.4 is 4.98 Å². The molecule has 0 aromatic rings. The summed E-state index contributed by atoms with van der Waals surface area (Å²) in [6.07, 6.45) is 3.01. The Morgan fingerprint density at radius 2 is 1.46 bits per heavy atom. The van der Waals surface area contributed by atoms with Crippen molar-refractivity contribution >= 4 is 10.4 Å². The van der Waals surface area contributed by atoms with E-state index in [2.05, 4.69) is 44.5 Å². The first kappa shape index (κ1) is 13.1. The third kappa shape index (κ3) is 3.79. The molecular formula is C10H26N2Si. The van der Waals surface area contributed by atoms with E-state index in [4.69, 9.17) is 0 Å². The Kier molecular flexibility index (Phi) is 6.64. The number of hydrogen-bond donors (Lipinski definition) is 1. The van der Waals surface area contributed by atoms with E-state index in [1.807, 2.05) is 0 Å². The molecular weight excluding hydrogens is 176 g/mol. The van der Waals surface area contributed by atoms with Gasteiger partial charge in [-0.2, -0.15) is 0 Å². The van der Waals surface area contributed by atoms with Gasteiger partial charge in [0, 0.05) is 12.1 Å². The van der Waals surface area contributed by atoms with E-state index in [0.717, 1.165) is 10.4 Å². The molecule has 13 heavy (non-hydrogen) atoms. The lowest BCUT2D eigenvalue weighted by Gasteiger charge is -2.38. The van der Waals surface area contributed by atoms with Gasteiger partial charge in [-0.05, 0) is 33.6 Å². The van der Waals surface area contributed by atoms with Gasteiger partial charge in [0.1, 0.15) is 0 Å². The van der Waals surface area contributed by atoms with Crippen molar-refractivity contribution in [3.05, 3.63) is 0 Å². The summed E-state index contributed by atoms with van der Waals surface area (Å²) in [4.78, 5) is 6.05. The second-order valence-electron chi connectivity index (χ2n) is 3.93. The molecule has 0 radical (unpaired) electrons. The van der Waals surface area contributed by atoms with Crippen LogP contribution in [-0.4, -0.2) is 33.6 Å². The molecule has 80 valence electrons. The molecule has 0 rings (SSSR count). The summed E-state index contributed by atoms with van der Waals surface area (Å²) in [6, 6.07) is 1.37. The topological polar surface area (TPSA) is 15.3 Å². The molecule has 0 aromatic heterocycles. The van der Waals surface area contributed by atoms with E-state index in [0.29, 0.717) is 18.2 Å². The average molecular weight is 202 g/mol. The van der Waals surface area contributed by atoms with Crippen molar-refractivity contribution in [3.63, 3.8) is 0 Å². The first-order valence-corrected chi connectivity index (χ1v) is 6.53.